The fourth-order valence-corrected chi connectivity index (χ4v) is 2.16. The van der Waals surface area contributed by atoms with Gasteiger partial charge in [-0.3, -0.25) is 4.79 Å². The minimum absolute atomic E-state index is 0.174. The summed E-state index contributed by atoms with van der Waals surface area (Å²) in [5.74, 6) is 0.174. The molecule has 1 amide bonds. The van der Waals surface area contributed by atoms with E-state index in [0.29, 0.717) is 12.6 Å². The lowest BCUT2D eigenvalue weighted by atomic mass is 10.2. The molecule has 1 aromatic rings. The van der Waals surface area contributed by atoms with Gasteiger partial charge >= 0.3 is 0 Å². The van der Waals surface area contributed by atoms with E-state index in [1.165, 1.54) is 5.56 Å². The van der Waals surface area contributed by atoms with Crippen molar-refractivity contribution < 1.29 is 4.79 Å². The Hall–Kier alpha value is -1.55. The minimum Gasteiger partial charge on any atom is -0.365 e. The number of carbonyl (C=O) groups is 1. The zero-order chi connectivity index (χ0) is 15.8. The van der Waals surface area contributed by atoms with Gasteiger partial charge in [0.25, 0.3) is 0 Å². The molecule has 21 heavy (non-hydrogen) atoms. The highest BCUT2D eigenvalue weighted by Gasteiger charge is 2.12. The van der Waals surface area contributed by atoms with E-state index in [9.17, 15) is 4.79 Å². The van der Waals surface area contributed by atoms with Crippen molar-refractivity contribution in [2.24, 2.45) is 0 Å². The van der Waals surface area contributed by atoms with Gasteiger partial charge in [-0.15, -0.1) is 0 Å². The van der Waals surface area contributed by atoms with E-state index in [1.54, 1.807) is 0 Å². The number of anilines is 1. The second kappa shape index (κ2) is 8.67. The molecule has 0 heterocycles. The van der Waals surface area contributed by atoms with Gasteiger partial charge in [-0.25, -0.2) is 0 Å². The number of carbonyl (C=O) groups excluding carboxylic acids is 1. The van der Waals surface area contributed by atoms with Gasteiger partial charge in [-0.1, -0.05) is 26.0 Å². The van der Waals surface area contributed by atoms with Crippen molar-refractivity contribution in [3.05, 3.63) is 29.8 Å². The maximum atomic E-state index is 12.1. The smallest absolute Gasteiger partial charge is 0.242 e. The molecule has 1 aromatic carbocycles. The molecule has 0 bridgehead atoms. The van der Waals surface area contributed by atoms with Gasteiger partial charge in [0, 0.05) is 38.4 Å². The fourth-order valence-electron chi connectivity index (χ4n) is 2.16. The first-order chi connectivity index (χ1) is 9.97. The summed E-state index contributed by atoms with van der Waals surface area (Å²) in [7, 11) is 1.96. The Balaban J connectivity index is 2.58. The van der Waals surface area contributed by atoms with E-state index in [1.807, 2.05) is 30.7 Å². The normalized spacial score (nSPS) is 10.8. The van der Waals surface area contributed by atoms with Crippen molar-refractivity contribution in [3.8, 4) is 0 Å². The maximum Gasteiger partial charge on any atom is 0.242 e. The van der Waals surface area contributed by atoms with Crippen LogP contribution in [0, 0.1) is 0 Å². The number of amides is 1. The third-order valence-corrected chi connectivity index (χ3v) is 3.58. The SMILES string of the molecule is CCN(CC)C(=O)CN(C)c1ccc(CNC(C)C)cc1. The van der Waals surface area contributed by atoms with Crippen LogP contribution in [0.5, 0.6) is 0 Å². The molecule has 4 heteroatoms. The highest BCUT2D eigenvalue weighted by Crippen LogP contribution is 2.14. The molecule has 0 spiro atoms. The maximum absolute atomic E-state index is 12.1. The standard InChI is InChI=1S/C17H29N3O/c1-6-20(7-2)17(21)13-19(5)16-10-8-15(9-11-16)12-18-14(3)4/h8-11,14,18H,6-7,12-13H2,1-5H3. The van der Waals surface area contributed by atoms with E-state index in [-0.39, 0.29) is 5.91 Å². The number of benzene rings is 1. The Morgan fingerprint density at radius 2 is 1.71 bits per heavy atom. The van der Waals surface area contributed by atoms with Gasteiger partial charge in [-0.05, 0) is 31.5 Å². The van der Waals surface area contributed by atoms with Crippen LogP contribution in [0.4, 0.5) is 5.69 Å². The number of hydrogen-bond acceptors (Lipinski definition) is 3. The van der Waals surface area contributed by atoms with Crippen LogP contribution in [0.1, 0.15) is 33.3 Å². The van der Waals surface area contributed by atoms with Crippen molar-refractivity contribution in [3.63, 3.8) is 0 Å². The van der Waals surface area contributed by atoms with Crippen molar-refractivity contribution in [2.45, 2.75) is 40.3 Å². The van der Waals surface area contributed by atoms with E-state index in [4.69, 9.17) is 0 Å². The van der Waals surface area contributed by atoms with Crippen LogP contribution >= 0.6 is 0 Å². The second-order valence-corrected chi connectivity index (χ2v) is 5.62. The molecule has 0 saturated heterocycles. The van der Waals surface area contributed by atoms with Gasteiger partial charge in [0.05, 0.1) is 6.54 Å². The number of nitrogens with zero attached hydrogens (tertiary/aromatic N) is 2. The Morgan fingerprint density at radius 3 is 2.19 bits per heavy atom. The Morgan fingerprint density at radius 1 is 1.14 bits per heavy atom. The average molecular weight is 291 g/mol. The van der Waals surface area contributed by atoms with Crippen LogP contribution in [0.3, 0.4) is 0 Å². The summed E-state index contributed by atoms with van der Waals surface area (Å²) in [6.07, 6.45) is 0. The molecule has 118 valence electrons. The van der Waals surface area contributed by atoms with E-state index in [2.05, 4.69) is 43.4 Å². The Bertz CT molecular complexity index is 424. The molecule has 1 N–H and O–H groups in total. The summed E-state index contributed by atoms with van der Waals surface area (Å²) >= 11 is 0. The first kappa shape index (κ1) is 17.5. The third-order valence-electron chi connectivity index (χ3n) is 3.58. The Kier molecular flexibility index (Phi) is 7.23. The zero-order valence-corrected chi connectivity index (χ0v) is 14.0. The van der Waals surface area contributed by atoms with Crippen molar-refractivity contribution in [1.29, 1.82) is 0 Å². The molecule has 0 atom stereocenters. The van der Waals surface area contributed by atoms with Gasteiger partial charge < -0.3 is 15.1 Å². The highest BCUT2D eigenvalue weighted by molar-refractivity contribution is 5.81. The van der Waals surface area contributed by atoms with Crippen molar-refractivity contribution in [1.82, 2.24) is 10.2 Å². The van der Waals surface area contributed by atoms with Gasteiger partial charge in [-0.2, -0.15) is 0 Å². The van der Waals surface area contributed by atoms with Crippen molar-refractivity contribution >= 4 is 11.6 Å². The topological polar surface area (TPSA) is 35.6 Å². The first-order valence-electron chi connectivity index (χ1n) is 7.79. The van der Waals surface area contributed by atoms with Crippen LogP contribution in [0.15, 0.2) is 24.3 Å². The third kappa shape index (κ3) is 5.76. The van der Waals surface area contributed by atoms with E-state index in [0.717, 1.165) is 25.3 Å². The van der Waals surface area contributed by atoms with Crippen LogP contribution in [-0.2, 0) is 11.3 Å². The highest BCUT2D eigenvalue weighted by atomic mass is 16.2. The number of hydrogen-bond donors (Lipinski definition) is 1. The largest absolute Gasteiger partial charge is 0.365 e. The summed E-state index contributed by atoms with van der Waals surface area (Å²) < 4.78 is 0. The molecular formula is C17H29N3O. The van der Waals surface area contributed by atoms with Crippen LogP contribution in [0.25, 0.3) is 0 Å². The fraction of sp³-hybridized carbons (Fsp3) is 0.588. The molecule has 4 nitrogen and oxygen atoms in total. The first-order valence-corrected chi connectivity index (χ1v) is 7.79. The lowest BCUT2D eigenvalue weighted by Gasteiger charge is -2.24. The lowest BCUT2D eigenvalue weighted by molar-refractivity contribution is -0.129. The molecule has 0 aliphatic heterocycles. The van der Waals surface area contributed by atoms with E-state index < -0.39 is 0 Å². The minimum atomic E-state index is 0.174. The molecule has 0 aliphatic rings. The molecular weight excluding hydrogens is 262 g/mol. The average Bonchev–Trinajstić information content (AvgIpc) is 2.46. The predicted molar refractivity (Wildman–Crippen MR) is 89.6 cm³/mol. The molecule has 0 saturated carbocycles. The van der Waals surface area contributed by atoms with E-state index >= 15 is 0 Å². The summed E-state index contributed by atoms with van der Waals surface area (Å²) in [6.45, 7) is 11.1. The summed E-state index contributed by atoms with van der Waals surface area (Å²) in [6, 6.07) is 8.87. The molecule has 0 radical (unpaired) electrons. The molecule has 0 aromatic heterocycles. The van der Waals surface area contributed by atoms with Crippen molar-refractivity contribution in [2.75, 3.05) is 31.6 Å². The number of nitrogens with one attached hydrogen (secondary N) is 1. The summed E-state index contributed by atoms with van der Waals surface area (Å²) in [5, 5.41) is 3.40. The van der Waals surface area contributed by atoms with Crippen LogP contribution in [0.2, 0.25) is 0 Å². The summed E-state index contributed by atoms with van der Waals surface area (Å²) in [5.41, 5.74) is 2.33. The number of likely N-dealkylation sites (N-methyl/N-ethyl adjacent to an activating group) is 2. The molecule has 0 unspecified atom stereocenters. The number of rotatable bonds is 8. The Labute approximate surface area is 129 Å². The molecule has 0 aliphatic carbocycles. The quantitative estimate of drug-likeness (QED) is 0.799. The monoisotopic (exact) mass is 291 g/mol. The van der Waals surface area contributed by atoms with Gasteiger partial charge in [0.15, 0.2) is 0 Å². The molecule has 0 fully saturated rings. The van der Waals surface area contributed by atoms with Crippen LogP contribution in [-0.4, -0.2) is 43.5 Å². The van der Waals surface area contributed by atoms with Gasteiger partial charge in [0.2, 0.25) is 5.91 Å². The summed E-state index contributed by atoms with van der Waals surface area (Å²) in [4.78, 5) is 16.0. The predicted octanol–water partition coefficient (Wildman–Crippen LogP) is 2.49. The second-order valence-electron chi connectivity index (χ2n) is 5.62. The van der Waals surface area contributed by atoms with Gasteiger partial charge in [0.1, 0.15) is 0 Å². The van der Waals surface area contributed by atoms with Crippen LogP contribution < -0.4 is 10.2 Å². The lowest BCUT2D eigenvalue weighted by Crippen LogP contribution is -2.38. The zero-order valence-electron chi connectivity index (χ0n) is 14.0. The molecule has 1 rings (SSSR count).